The van der Waals surface area contributed by atoms with Gasteiger partial charge in [0.2, 0.25) is 5.91 Å². The fraction of sp³-hybridized carbons (Fsp3) is 0.423. The van der Waals surface area contributed by atoms with Crippen molar-refractivity contribution in [1.29, 1.82) is 0 Å². The first kappa shape index (κ1) is 24.3. The van der Waals surface area contributed by atoms with Crippen molar-refractivity contribution in [3.8, 4) is 0 Å². The van der Waals surface area contributed by atoms with Crippen molar-refractivity contribution in [2.45, 2.75) is 64.3 Å². The van der Waals surface area contributed by atoms with Crippen molar-refractivity contribution in [1.82, 2.24) is 10.2 Å². The van der Waals surface area contributed by atoms with E-state index in [0.29, 0.717) is 19.4 Å². The second kappa shape index (κ2) is 11.0. The minimum Gasteiger partial charge on any atom is -0.458 e. The monoisotopic (exact) mass is 452 g/mol. The molecule has 1 saturated heterocycles. The maximum atomic E-state index is 13.5. The van der Waals surface area contributed by atoms with E-state index >= 15 is 0 Å². The van der Waals surface area contributed by atoms with Gasteiger partial charge in [0.15, 0.2) is 0 Å². The number of hydrogen-bond acceptors (Lipinski definition) is 5. The van der Waals surface area contributed by atoms with Crippen LogP contribution in [0, 0.1) is 0 Å². The largest absolute Gasteiger partial charge is 0.458 e. The first-order valence-corrected chi connectivity index (χ1v) is 11.3. The summed E-state index contributed by atoms with van der Waals surface area (Å²) in [6.45, 7) is 5.94. The van der Waals surface area contributed by atoms with E-state index in [9.17, 15) is 14.4 Å². The molecular formula is C26H32N2O5. The molecule has 2 aromatic carbocycles. The van der Waals surface area contributed by atoms with Gasteiger partial charge in [0.25, 0.3) is 0 Å². The van der Waals surface area contributed by atoms with E-state index in [0.717, 1.165) is 11.1 Å². The summed E-state index contributed by atoms with van der Waals surface area (Å²) in [7, 11) is 0. The minimum absolute atomic E-state index is 0.100. The Bertz CT molecular complexity index is 940. The Morgan fingerprint density at radius 2 is 1.61 bits per heavy atom. The van der Waals surface area contributed by atoms with E-state index in [2.05, 4.69) is 5.32 Å². The number of carbonyl (C=O) groups is 3. The van der Waals surface area contributed by atoms with Crippen LogP contribution in [0.15, 0.2) is 60.7 Å². The van der Waals surface area contributed by atoms with Crippen LogP contribution in [0.4, 0.5) is 4.79 Å². The molecule has 0 spiro atoms. The minimum atomic E-state index is -0.862. The van der Waals surface area contributed by atoms with Crippen LogP contribution >= 0.6 is 0 Å². The lowest BCUT2D eigenvalue weighted by Crippen LogP contribution is -2.53. The highest BCUT2D eigenvalue weighted by Crippen LogP contribution is 2.23. The van der Waals surface area contributed by atoms with E-state index in [1.54, 1.807) is 20.8 Å². The highest BCUT2D eigenvalue weighted by atomic mass is 16.6. The zero-order chi connectivity index (χ0) is 23.8. The maximum Gasteiger partial charge on any atom is 0.408 e. The molecule has 1 heterocycles. The molecule has 2 amide bonds. The second-order valence-corrected chi connectivity index (χ2v) is 9.17. The lowest BCUT2D eigenvalue weighted by molar-refractivity contribution is -0.163. The number of rotatable bonds is 7. The molecule has 0 aromatic heterocycles. The molecule has 1 aliphatic rings. The summed E-state index contributed by atoms with van der Waals surface area (Å²) in [4.78, 5) is 40.3. The van der Waals surface area contributed by atoms with Gasteiger partial charge in [0.1, 0.15) is 24.3 Å². The second-order valence-electron chi connectivity index (χ2n) is 9.17. The van der Waals surface area contributed by atoms with Gasteiger partial charge in [0.05, 0.1) is 0 Å². The summed E-state index contributed by atoms with van der Waals surface area (Å²) in [5.74, 6) is -0.734. The van der Waals surface area contributed by atoms with Crippen molar-refractivity contribution in [2.24, 2.45) is 0 Å². The first-order chi connectivity index (χ1) is 15.7. The van der Waals surface area contributed by atoms with Gasteiger partial charge in [-0.05, 0) is 44.7 Å². The summed E-state index contributed by atoms with van der Waals surface area (Å²) >= 11 is 0. The van der Waals surface area contributed by atoms with Crippen LogP contribution < -0.4 is 5.32 Å². The standard InChI is InChI=1S/C26H32N2O5/c1-26(2,3)33-24(30)22-15-10-16-28(22)23(29)21(17-19-11-6-4-7-12-19)27-25(31)32-18-20-13-8-5-9-14-20/h4-9,11-14,21-22H,10,15-18H2,1-3H3,(H,27,31)/t21?,22-/m0/s1. The van der Waals surface area contributed by atoms with Crippen molar-refractivity contribution >= 4 is 18.0 Å². The number of esters is 1. The highest BCUT2D eigenvalue weighted by molar-refractivity contribution is 5.90. The summed E-state index contributed by atoms with van der Waals surface area (Å²) in [6, 6.07) is 17.2. The third-order valence-corrected chi connectivity index (χ3v) is 5.30. The summed E-state index contributed by atoms with van der Waals surface area (Å²) in [6.07, 6.45) is 0.849. The number of likely N-dealkylation sites (tertiary alicyclic amines) is 1. The molecule has 1 aliphatic heterocycles. The molecule has 1 unspecified atom stereocenters. The molecule has 7 heteroatoms. The number of nitrogens with one attached hydrogen (secondary N) is 1. The summed E-state index contributed by atoms with van der Waals surface area (Å²) in [5.41, 5.74) is 1.10. The van der Waals surface area contributed by atoms with Crippen molar-refractivity contribution in [3.05, 3.63) is 71.8 Å². The highest BCUT2D eigenvalue weighted by Gasteiger charge is 2.39. The molecule has 0 bridgehead atoms. The first-order valence-electron chi connectivity index (χ1n) is 11.3. The van der Waals surface area contributed by atoms with Crippen LogP contribution in [0.1, 0.15) is 44.7 Å². The van der Waals surface area contributed by atoms with Gasteiger partial charge in [0, 0.05) is 13.0 Å². The molecule has 3 rings (SSSR count). The van der Waals surface area contributed by atoms with Gasteiger partial charge < -0.3 is 19.7 Å². The predicted molar refractivity (Wildman–Crippen MR) is 124 cm³/mol. The molecule has 0 saturated carbocycles. The molecule has 2 atom stereocenters. The zero-order valence-electron chi connectivity index (χ0n) is 19.5. The molecule has 33 heavy (non-hydrogen) atoms. The molecule has 1 N–H and O–H groups in total. The van der Waals surface area contributed by atoms with Gasteiger partial charge in [-0.3, -0.25) is 4.79 Å². The number of amides is 2. The average molecular weight is 453 g/mol. The molecule has 2 aromatic rings. The van der Waals surface area contributed by atoms with Crippen LogP contribution in [0.25, 0.3) is 0 Å². The third-order valence-electron chi connectivity index (χ3n) is 5.30. The number of ether oxygens (including phenoxy) is 2. The van der Waals surface area contributed by atoms with Crippen LogP contribution in [-0.4, -0.2) is 47.1 Å². The lowest BCUT2D eigenvalue weighted by atomic mass is 10.0. The Balaban J connectivity index is 1.71. The topological polar surface area (TPSA) is 84.9 Å². The van der Waals surface area contributed by atoms with Crippen LogP contribution in [0.3, 0.4) is 0 Å². The Morgan fingerprint density at radius 1 is 1.00 bits per heavy atom. The Kier molecular flexibility index (Phi) is 8.09. The Labute approximate surface area is 195 Å². The maximum absolute atomic E-state index is 13.5. The van der Waals surface area contributed by atoms with Gasteiger partial charge in [-0.2, -0.15) is 0 Å². The molecule has 0 radical (unpaired) electrons. The van der Waals surface area contributed by atoms with E-state index in [1.807, 2.05) is 60.7 Å². The van der Waals surface area contributed by atoms with Crippen LogP contribution in [0.5, 0.6) is 0 Å². The Morgan fingerprint density at radius 3 is 2.21 bits per heavy atom. The quantitative estimate of drug-likeness (QED) is 0.645. The van der Waals surface area contributed by atoms with E-state index in [1.165, 1.54) is 4.90 Å². The molecule has 7 nitrogen and oxygen atoms in total. The van der Waals surface area contributed by atoms with Gasteiger partial charge in [-0.1, -0.05) is 60.7 Å². The van der Waals surface area contributed by atoms with E-state index in [4.69, 9.17) is 9.47 Å². The summed E-state index contributed by atoms with van der Waals surface area (Å²) in [5, 5.41) is 2.72. The number of nitrogens with zero attached hydrogens (tertiary/aromatic N) is 1. The Hall–Kier alpha value is -3.35. The zero-order valence-corrected chi connectivity index (χ0v) is 19.5. The van der Waals surface area contributed by atoms with Gasteiger partial charge in [-0.15, -0.1) is 0 Å². The number of benzene rings is 2. The molecule has 1 fully saturated rings. The fourth-order valence-corrected chi connectivity index (χ4v) is 3.80. The molecule has 176 valence electrons. The van der Waals surface area contributed by atoms with E-state index in [-0.39, 0.29) is 18.9 Å². The van der Waals surface area contributed by atoms with Crippen molar-refractivity contribution < 1.29 is 23.9 Å². The number of alkyl carbamates (subject to hydrolysis) is 1. The smallest absolute Gasteiger partial charge is 0.408 e. The van der Waals surface area contributed by atoms with Crippen LogP contribution in [-0.2, 0) is 32.1 Å². The molecule has 0 aliphatic carbocycles. The number of hydrogen-bond donors (Lipinski definition) is 1. The predicted octanol–water partition coefficient (Wildman–Crippen LogP) is 3.86. The normalized spacial score (nSPS) is 16.7. The summed E-state index contributed by atoms with van der Waals surface area (Å²) < 4.78 is 10.9. The van der Waals surface area contributed by atoms with Crippen LogP contribution in [0.2, 0.25) is 0 Å². The van der Waals surface area contributed by atoms with Gasteiger partial charge >= 0.3 is 12.1 Å². The fourth-order valence-electron chi connectivity index (χ4n) is 3.80. The number of carbonyl (C=O) groups excluding carboxylic acids is 3. The van der Waals surface area contributed by atoms with Crippen molar-refractivity contribution in [2.75, 3.05) is 6.54 Å². The van der Waals surface area contributed by atoms with Crippen molar-refractivity contribution in [3.63, 3.8) is 0 Å². The van der Waals surface area contributed by atoms with Gasteiger partial charge in [-0.25, -0.2) is 9.59 Å². The van der Waals surface area contributed by atoms with E-state index < -0.39 is 29.7 Å². The molecular weight excluding hydrogens is 420 g/mol. The average Bonchev–Trinajstić information content (AvgIpc) is 3.27. The third kappa shape index (κ3) is 7.34. The lowest BCUT2D eigenvalue weighted by Gasteiger charge is -2.30. The SMILES string of the molecule is CC(C)(C)OC(=O)[C@@H]1CCCN1C(=O)C(Cc1ccccc1)NC(=O)OCc1ccccc1.